The molecule has 0 radical (unpaired) electrons. The second kappa shape index (κ2) is 6.35. The van der Waals surface area contributed by atoms with Crippen molar-refractivity contribution in [2.24, 2.45) is 5.10 Å². The van der Waals surface area contributed by atoms with Crippen molar-refractivity contribution in [3.63, 3.8) is 0 Å². The van der Waals surface area contributed by atoms with Crippen molar-refractivity contribution in [3.05, 3.63) is 90.0 Å². The summed E-state index contributed by atoms with van der Waals surface area (Å²) in [5, 5.41) is 11.4. The zero-order valence-corrected chi connectivity index (χ0v) is 15.0. The smallest absolute Gasteiger partial charge is 0.273 e. The fraction of sp³-hybridized carbons (Fsp3) is 0. The number of nitrogens with one attached hydrogen (secondary N) is 1. The van der Waals surface area contributed by atoms with E-state index in [-0.39, 0.29) is 5.91 Å². The summed E-state index contributed by atoms with van der Waals surface area (Å²) < 4.78 is 0. The predicted molar refractivity (Wildman–Crippen MR) is 116 cm³/mol. The number of nitrogen functional groups attached to an aromatic ring is 1. The highest BCUT2D eigenvalue weighted by Gasteiger charge is 2.10. The average Bonchev–Trinajstić information content (AvgIpc) is 2.73. The Hall–Kier alpha value is -3.92. The molecule has 4 nitrogen and oxygen atoms in total. The maximum atomic E-state index is 12.3. The van der Waals surface area contributed by atoms with Crippen LogP contribution in [0.3, 0.4) is 0 Å². The number of hydrazone groups is 1. The summed E-state index contributed by atoms with van der Waals surface area (Å²) in [7, 11) is 0. The van der Waals surface area contributed by atoms with Gasteiger partial charge in [-0.05, 0) is 44.5 Å². The number of benzene rings is 5. The maximum absolute atomic E-state index is 12.3. The van der Waals surface area contributed by atoms with Crippen LogP contribution in [-0.4, -0.2) is 12.1 Å². The van der Waals surface area contributed by atoms with Gasteiger partial charge in [0.15, 0.2) is 0 Å². The van der Waals surface area contributed by atoms with Crippen molar-refractivity contribution < 1.29 is 4.79 Å². The molecule has 0 aliphatic rings. The first-order valence-electron chi connectivity index (χ1n) is 9.07. The molecule has 134 valence electrons. The van der Waals surface area contributed by atoms with Gasteiger partial charge in [0.2, 0.25) is 0 Å². The van der Waals surface area contributed by atoms with Gasteiger partial charge in [0.05, 0.1) is 11.8 Å². The molecule has 4 heteroatoms. The number of hydrogen-bond acceptors (Lipinski definition) is 3. The van der Waals surface area contributed by atoms with E-state index in [0.29, 0.717) is 11.3 Å². The molecular weight excluding hydrogens is 346 g/mol. The largest absolute Gasteiger partial charge is 0.398 e. The molecule has 28 heavy (non-hydrogen) atoms. The highest BCUT2D eigenvalue weighted by molar-refractivity contribution is 6.25. The van der Waals surface area contributed by atoms with Gasteiger partial charge >= 0.3 is 0 Å². The molecule has 0 atom stereocenters. The maximum Gasteiger partial charge on any atom is 0.273 e. The van der Waals surface area contributed by atoms with Crippen LogP contribution < -0.4 is 11.2 Å². The summed E-state index contributed by atoms with van der Waals surface area (Å²) in [5.41, 5.74) is 10.2. The molecule has 3 N–H and O–H groups in total. The lowest BCUT2D eigenvalue weighted by Crippen LogP contribution is -2.19. The van der Waals surface area contributed by atoms with Crippen LogP contribution in [0.15, 0.2) is 84.0 Å². The van der Waals surface area contributed by atoms with Gasteiger partial charge in [0, 0.05) is 11.3 Å². The number of nitrogens with zero attached hydrogens (tertiary/aromatic N) is 1. The Kier molecular flexibility index (Phi) is 3.69. The molecule has 0 fully saturated rings. The van der Waals surface area contributed by atoms with Gasteiger partial charge in [-0.3, -0.25) is 4.79 Å². The van der Waals surface area contributed by atoms with E-state index in [1.54, 1.807) is 30.5 Å². The van der Waals surface area contributed by atoms with E-state index in [2.05, 4.69) is 59.1 Å². The van der Waals surface area contributed by atoms with Crippen LogP contribution in [0.2, 0.25) is 0 Å². The van der Waals surface area contributed by atoms with Crippen LogP contribution in [0.4, 0.5) is 5.69 Å². The van der Waals surface area contributed by atoms with Crippen molar-refractivity contribution >= 4 is 50.1 Å². The van der Waals surface area contributed by atoms with E-state index in [4.69, 9.17) is 5.73 Å². The van der Waals surface area contributed by atoms with E-state index in [1.807, 2.05) is 6.07 Å². The molecule has 0 aromatic heterocycles. The zero-order valence-electron chi connectivity index (χ0n) is 15.0. The van der Waals surface area contributed by atoms with E-state index in [1.165, 1.54) is 26.9 Å². The lowest BCUT2D eigenvalue weighted by molar-refractivity contribution is 0.0956. The Labute approximate surface area is 161 Å². The molecule has 5 aromatic rings. The monoisotopic (exact) mass is 363 g/mol. The molecule has 0 heterocycles. The summed E-state index contributed by atoms with van der Waals surface area (Å²) >= 11 is 0. The van der Waals surface area contributed by atoms with Crippen LogP contribution in [0.1, 0.15) is 15.9 Å². The normalized spacial score (nSPS) is 11.7. The topological polar surface area (TPSA) is 67.5 Å². The molecule has 0 bridgehead atoms. The Morgan fingerprint density at radius 1 is 0.786 bits per heavy atom. The number of amides is 1. The molecule has 0 aliphatic carbocycles. The van der Waals surface area contributed by atoms with Crippen molar-refractivity contribution in [1.29, 1.82) is 0 Å². The van der Waals surface area contributed by atoms with Gasteiger partial charge in [-0.2, -0.15) is 5.10 Å². The lowest BCUT2D eigenvalue weighted by Gasteiger charge is -2.12. The Balaban J connectivity index is 1.55. The van der Waals surface area contributed by atoms with Crippen LogP contribution in [0.5, 0.6) is 0 Å². The SMILES string of the molecule is Nc1ccccc1C(=O)N/N=C/c1ccc2ccc3cccc4ccc1c2c34. The molecule has 0 aliphatic heterocycles. The minimum atomic E-state index is -0.327. The van der Waals surface area contributed by atoms with Crippen molar-refractivity contribution in [2.45, 2.75) is 0 Å². The van der Waals surface area contributed by atoms with Crippen LogP contribution in [-0.2, 0) is 0 Å². The number of anilines is 1. The Bertz CT molecular complexity index is 1360. The average molecular weight is 363 g/mol. The number of carbonyl (C=O) groups is 1. The summed E-state index contributed by atoms with van der Waals surface area (Å²) in [6.45, 7) is 0. The summed E-state index contributed by atoms with van der Waals surface area (Å²) in [4.78, 5) is 12.3. The molecule has 1 amide bonds. The fourth-order valence-electron chi connectivity index (χ4n) is 3.79. The fourth-order valence-corrected chi connectivity index (χ4v) is 3.79. The first kappa shape index (κ1) is 16.3. The van der Waals surface area contributed by atoms with Crippen LogP contribution in [0, 0.1) is 0 Å². The minimum Gasteiger partial charge on any atom is -0.398 e. The standard InChI is InChI=1S/C24H17N3O/c25-21-7-2-1-6-20(21)24(28)27-26-14-18-11-10-17-9-8-15-4-3-5-16-12-13-19(18)23(17)22(15)16/h1-14H,25H2,(H,27,28)/b26-14+. The zero-order chi connectivity index (χ0) is 19.1. The molecule has 0 unspecified atom stereocenters. The van der Waals surface area contributed by atoms with Gasteiger partial charge in [-0.15, -0.1) is 0 Å². The van der Waals surface area contributed by atoms with Gasteiger partial charge in [-0.1, -0.05) is 66.7 Å². The third kappa shape index (κ3) is 2.55. The molecule has 5 aromatic carbocycles. The van der Waals surface area contributed by atoms with Crippen LogP contribution >= 0.6 is 0 Å². The summed E-state index contributed by atoms with van der Waals surface area (Å²) in [5.74, 6) is -0.327. The van der Waals surface area contributed by atoms with Crippen LogP contribution in [0.25, 0.3) is 32.3 Å². The molecule has 0 saturated carbocycles. The third-order valence-electron chi connectivity index (χ3n) is 5.14. The molecule has 0 spiro atoms. The minimum absolute atomic E-state index is 0.327. The Morgan fingerprint density at radius 3 is 2.25 bits per heavy atom. The van der Waals surface area contributed by atoms with Crippen molar-refractivity contribution in [1.82, 2.24) is 5.43 Å². The number of rotatable bonds is 3. The molecule has 5 rings (SSSR count). The Morgan fingerprint density at radius 2 is 1.46 bits per heavy atom. The first-order chi connectivity index (χ1) is 13.7. The lowest BCUT2D eigenvalue weighted by atomic mass is 9.92. The first-order valence-corrected chi connectivity index (χ1v) is 9.07. The predicted octanol–water partition coefficient (Wildman–Crippen LogP) is 4.93. The van der Waals surface area contributed by atoms with Crippen molar-refractivity contribution in [3.8, 4) is 0 Å². The highest BCUT2D eigenvalue weighted by Crippen LogP contribution is 2.35. The summed E-state index contributed by atoms with van der Waals surface area (Å²) in [6, 6.07) is 25.9. The quantitative estimate of drug-likeness (QED) is 0.207. The van der Waals surface area contributed by atoms with Crippen molar-refractivity contribution in [2.75, 3.05) is 5.73 Å². The van der Waals surface area contributed by atoms with E-state index >= 15 is 0 Å². The number of para-hydroxylation sites is 1. The molecule has 0 saturated heterocycles. The number of nitrogens with two attached hydrogens (primary N) is 1. The second-order valence-electron chi connectivity index (χ2n) is 6.80. The second-order valence-corrected chi connectivity index (χ2v) is 6.80. The number of carbonyl (C=O) groups excluding carboxylic acids is 1. The number of hydrogen-bond donors (Lipinski definition) is 2. The summed E-state index contributed by atoms with van der Waals surface area (Å²) in [6.07, 6.45) is 1.68. The van der Waals surface area contributed by atoms with Gasteiger partial charge in [-0.25, -0.2) is 5.43 Å². The van der Waals surface area contributed by atoms with Gasteiger partial charge in [0.1, 0.15) is 0 Å². The van der Waals surface area contributed by atoms with E-state index in [0.717, 1.165) is 10.9 Å². The molecular formula is C24H17N3O. The van der Waals surface area contributed by atoms with E-state index < -0.39 is 0 Å². The third-order valence-corrected chi connectivity index (χ3v) is 5.14. The van der Waals surface area contributed by atoms with Gasteiger partial charge < -0.3 is 5.73 Å². The van der Waals surface area contributed by atoms with Gasteiger partial charge in [0.25, 0.3) is 5.91 Å². The highest BCUT2D eigenvalue weighted by atomic mass is 16.2. The van der Waals surface area contributed by atoms with E-state index in [9.17, 15) is 4.79 Å².